The lowest BCUT2D eigenvalue weighted by Crippen LogP contribution is -2.35. The van der Waals surface area contributed by atoms with Gasteiger partial charge in [-0.1, -0.05) is 30.3 Å². The van der Waals surface area contributed by atoms with E-state index in [0.29, 0.717) is 4.91 Å². The standard InChI is InChI=1S/C21H20N2O3S2/c24-19(22-17-9-3-6-14-5-1-2-8-16(14)17)10-11-23-20(25)18(28-21(23)26)13-15-7-4-12-27-15/h1-2,4-5,7-8,12-13,17H,3,6,9-11H2,(H,22,24)/b18-13-. The van der Waals surface area contributed by atoms with E-state index in [9.17, 15) is 14.4 Å². The van der Waals surface area contributed by atoms with Crippen molar-refractivity contribution in [2.45, 2.75) is 31.7 Å². The second-order valence-electron chi connectivity index (χ2n) is 6.81. The molecule has 1 N–H and O–H groups in total. The van der Waals surface area contributed by atoms with Crippen molar-refractivity contribution in [1.82, 2.24) is 10.2 Å². The van der Waals surface area contributed by atoms with Crippen molar-refractivity contribution in [2.75, 3.05) is 6.54 Å². The maximum absolute atomic E-state index is 12.5. The molecule has 1 aliphatic heterocycles. The van der Waals surface area contributed by atoms with E-state index in [-0.39, 0.29) is 36.1 Å². The smallest absolute Gasteiger partial charge is 0.293 e. The zero-order valence-corrected chi connectivity index (χ0v) is 16.9. The number of amides is 3. The number of imide groups is 1. The predicted octanol–water partition coefficient (Wildman–Crippen LogP) is 4.37. The fourth-order valence-corrected chi connectivity index (χ4v) is 5.17. The third kappa shape index (κ3) is 4.05. The Balaban J connectivity index is 1.35. The molecule has 7 heteroatoms. The van der Waals surface area contributed by atoms with E-state index in [1.54, 1.807) is 6.08 Å². The van der Waals surface area contributed by atoms with E-state index in [1.165, 1.54) is 27.4 Å². The maximum atomic E-state index is 12.5. The number of carbonyl (C=O) groups is 3. The van der Waals surface area contributed by atoms with Gasteiger partial charge in [-0.3, -0.25) is 19.3 Å². The summed E-state index contributed by atoms with van der Waals surface area (Å²) in [5.74, 6) is -0.456. The van der Waals surface area contributed by atoms with E-state index in [1.807, 2.05) is 29.6 Å². The van der Waals surface area contributed by atoms with Gasteiger partial charge in [-0.2, -0.15) is 0 Å². The van der Waals surface area contributed by atoms with Crippen molar-refractivity contribution in [1.29, 1.82) is 0 Å². The lowest BCUT2D eigenvalue weighted by molar-refractivity contribution is -0.124. The van der Waals surface area contributed by atoms with Gasteiger partial charge in [0, 0.05) is 17.8 Å². The highest BCUT2D eigenvalue weighted by molar-refractivity contribution is 8.18. The van der Waals surface area contributed by atoms with Crippen LogP contribution in [0.2, 0.25) is 0 Å². The molecule has 0 radical (unpaired) electrons. The first-order valence-electron chi connectivity index (χ1n) is 9.28. The average Bonchev–Trinajstić information content (AvgIpc) is 3.29. The number of benzene rings is 1. The molecule has 1 atom stereocenters. The van der Waals surface area contributed by atoms with Gasteiger partial charge in [0.05, 0.1) is 10.9 Å². The SMILES string of the molecule is O=C(CCN1C(=O)S/C(=C\c2cccs2)C1=O)NC1CCCc2ccccc21. The van der Waals surface area contributed by atoms with Crippen LogP contribution in [0.5, 0.6) is 0 Å². The first-order chi connectivity index (χ1) is 13.6. The summed E-state index contributed by atoms with van der Waals surface area (Å²) < 4.78 is 0. The van der Waals surface area contributed by atoms with Gasteiger partial charge in [0.2, 0.25) is 5.91 Å². The third-order valence-electron chi connectivity index (χ3n) is 4.96. The molecule has 1 saturated heterocycles. The molecule has 1 fully saturated rings. The quantitative estimate of drug-likeness (QED) is 0.741. The molecular formula is C21H20N2O3S2. The molecule has 1 aromatic carbocycles. The Hall–Kier alpha value is -2.38. The van der Waals surface area contributed by atoms with Gasteiger partial charge in [0.1, 0.15) is 0 Å². The van der Waals surface area contributed by atoms with Crippen LogP contribution in [0.3, 0.4) is 0 Å². The number of nitrogens with one attached hydrogen (secondary N) is 1. The van der Waals surface area contributed by atoms with Gasteiger partial charge in [0.25, 0.3) is 11.1 Å². The Morgan fingerprint density at radius 1 is 1.21 bits per heavy atom. The average molecular weight is 413 g/mol. The number of rotatable bonds is 5. The largest absolute Gasteiger partial charge is 0.349 e. The van der Waals surface area contributed by atoms with Crippen LogP contribution in [0.1, 0.15) is 41.3 Å². The number of hydrogen-bond acceptors (Lipinski definition) is 5. The lowest BCUT2D eigenvalue weighted by Gasteiger charge is -2.26. The predicted molar refractivity (Wildman–Crippen MR) is 112 cm³/mol. The van der Waals surface area contributed by atoms with Gasteiger partial charge in [-0.25, -0.2) is 0 Å². The van der Waals surface area contributed by atoms with Crippen LogP contribution in [0.15, 0.2) is 46.7 Å². The second-order valence-corrected chi connectivity index (χ2v) is 8.78. The number of fused-ring (bicyclic) bond motifs is 1. The van der Waals surface area contributed by atoms with Crippen molar-refractivity contribution in [3.05, 3.63) is 62.7 Å². The molecule has 0 saturated carbocycles. The molecule has 2 aromatic rings. The third-order valence-corrected chi connectivity index (χ3v) is 6.68. The first kappa shape index (κ1) is 19.0. The summed E-state index contributed by atoms with van der Waals surface area (Å²) in [6.45, 7) is 0.104. The second kappa shape index (κ2) is 8.32. The summed E-state index contributed by atoms with van der Waals surface area (Å²) in [7, 11) is 0. The van der Waals surface area contributed by atoms with Crippen molar-refractivity contribution in [2.24, 2.45) is 0 Å². The van der Waals surface area contributed by atoms with Crippen LogP contribution in [0.25, 0.3) is 6.08 Å². The number of thioether (sulfide) groups is 1. The molecule has 2 aliphatic rings. The van der Waals surface area contributed by atoms with E-state index in [2.05, 4.69) is 17.4 Å². The van der Waals surface area contributed by atoms with Crippen molar-refractivity contribution >= 4 is 46.2 Å². The summed E-state index contributed by atoms with van der Waals surface area (Å²) in [4.78, 5) is 39.6. The Kier molecular flexibility index (Phi) is 5.64. The number of carbonyl (C=O) groups excluding carboxylic acids is 3. The Bertz CT molecular complexity index is 937. The Labute approximate surface area is 171 Å². The molecule has 1 unspecified atom stereocenters. The molecule has 0 spiro atoms. The summed E-state index contributed by atoms with van der Waals surface area (Å²) in [6, 6.07) is 12.0. The van der Waals surface area contributed by atoms with E-state index in [4.69, 9.17) is 0 Å². The minimum atomic E-state index is -0.320. The van der Waals surface area contributed by atoms with Gasteiger partial charge < -0.3 is 5.32 Å². The highest BCUT2D eigenvalue weighted by Gasteiger charge is 2.35. The highest BCUT2D eigenvalue weighted by Crippen LogP contribution is 2.33. The molecule has 4 rings (SSSR count). The number of hydrogen-bond donors (Lipinski definition) is 1. The lowest BCUT2D eigenvalue weighted by atomic mass is 9.87. The molecule has 1 aromatic heterocycles. The van der Waals surface area contributed by atoms with Crippen molar-refractivity contribution in [3.8, 4) is 0 Å². The molecule has 3 amide bonds. The number of aryl methyl sites for hydroxylation is 1. The monoisotopic (exact) mass is 412 g/mol. The zero-order valence-electron chi connectivity index (χ0n) is 15.2. The van der Waals surface area contributed by atoms with Gasteiger partial charge in [-0.05, 0) is 59.7 Å². The normalized spacial score (nSPS) is 20.5. The first-order valence-corrected chi connectivity index (χ1v) is 11.0. The fraction of sp³-hybridized carbons (Fsp3) is 0.286. The number of thiophene rings is 1. The number of nitrogens with zero attached hydrogens (tertiary/aromatic N) is 1. The Morgan fingerprint density at radius 2 is 2.07 bits per heavy atom. The minimum absolute atomic E-state index is 0.00564. The molecule has 0 bridgehead atoms. The zero-order chi connectivity index (χ0) is 19.5. The van der Waals surface area contributed by atoms with Crippen LogP contribution in [-0.4, -0.2) is 28.5 Å². The molecule has 28 heavy (non-hydrogen) atoms. The van der Waals surface area contributed by atoms with E-state index in [0.717, 1.165) is 35.9 Å². The van der Waals surface area contributed by atoms with E-state index < -0.39 is 0 Å². The Morgan fingerprint density at radius 3 is 2.89 bits per heavy atom. The summed E-state index contributed by atoms with van der Waals surface area (Å²) in [6.07, 6.45) is 4.83. The molecular weight excluding hydrogens is 392 g/mol. The van der Waals surface area contributed by atoms with Crippen molar-refractivity contribution < 1.29 is 14.4 Å². The van der Waals surface area contributed by atoms with E-state index >= 15 is 0 Å². The van der Waals surface area contributed by atoms with Gasteiger partial charge >= 0.3 is 0 Å². The topological polar surface area (TPSA) is 66.5 Å². The highest BCUT2D eigenvalue weighted by atomic mass is 32.2. The fourth-order valence-electron chi connectivity index (χ4n) is 3.58. The maximum Gasteiger partial charge on any atom is 0.293 e. The molecule has 2 heterocycles. The van der Waals surface area contributed by atoms with Crippen LogP contribution in [0, 0.1) is 0 Å². The van der Waals surface area contributed by atoms with Crippen molar-refractivity contribution in [3.63, 3.8) is 0 Å². The van der Waals surface area contributed by atoms with Crippen LogP contribution < -0.4 is 5.32 Å². The summed E-state index contributed by atoms with van der Waals surface area (Å²) >= 11 is 2.44. The van der Waals surface area contributed by atoms with Crippen LogP contribution >= 0.6 is 23.1 Å². The van der Waals surface area contributed by atoms with Crippen LogP contribution in [-0.2, 0) is 16.0 Å². The molecule has 144 valence electrons. The molecule has 1 aliphatic carbocycles. The summed E-state index contributed by atoms with van der Waals surface area (Å²) in [5, 5.41) is 4.67. The van der Waals surface area contributed by atoms with Gasteiger partial charge in [0.15, 0.2) is 0 Å². The van der Waals surface area contributed by atoms with Crippen LogP contribution in [0.4, 0.5) is 4.79 Å². The molecule has 5 nitrogen and oxygen atoms in total. The minimum Gasteiger partial charge on any atom is -0.349 e. The van der Waals surface area contributed by atoms with Gasteiger partial charge in [-0.15, -0.1) is 11.3 Å². The summed E-state index contributed by atoms with van der Waals surface area (Å²) in [5.41, 5.74) is 2.45.